The average Bonchev–Trinajstić information content (AvgIpc) is 2.56. The molecule has 0 aliphatic heterocycles. The standard InChI is InChI=1S/C10H19N3O2S/c1-3-15-8-9(11)13-16-10(8)12-6-4-5-7(2)14/h7,12,14H,3-6H2,1-2H3,(H2,11,13). The molecule has 0 aliphatic rings. The molecule has 1 unspecified atom stereocenters. The molecule has 0 saturated carbocycles. The summed E-state index contributed by atoms with van der Waals surface area (Å²) in [6, 6.07) is 0. The number of nitrogens with two attached hydrogens (primary N) is 1. The topological polar surface area (TPSA) is 80.4 Å². The SMILES string of the molecule is CCOc1c(N)nsc1NCCCC(C)O. The van der Waals surface area contributed by atoms with Crippen LogP contribution in [0.3, 0.4) is 0 Å². The van der Waals surface area contributed by atoms with Gasteiger partial charge < -0.3 is 20.9 Å². The van der Waals surface area contributed by atoms with E-state index in [0.29, 0.717) is 18.2 Å². The largest absolute Gasteiger partial charge is 0.487 e. The van der Waals surface area contributed by atoms with E-state index >= 15 is 0 Å². The Balaban J connectivity index is 2.41. The van der Waals surface area contributed by atoms with Crippen molar-refractivity contribution in [1.82, 2.24) is 4.37 Å². The Labute approximate surface area is 99.8 Å². The Hall–Kier alpha value is -1.01. The van der Waals surface area contributed by atoms with Crippen LogP contribution in [0.1, 0.15) is 26.7 Å². The highest BCUT2D eigenvalue weighted by Gasteiger charge is 2.11. The molecule has 0 spiro atoms. The molecule has 4 N–H and O–H groups in total. The fourth-order valence-electron chi connectivity index (χ4n) is 1.29. The van der Waals surface area contributed by atoms with Crippen molar-refractivity contribution in [3.05, 3.63) is 0 Å². The van der Waals surface area contributed by atoms with Gasteiger partial charge in [0.1, 0.15) is 0 Å². The lowest BCUT2D eigenvalue weighted by molar-refractivity contribution is 0.183. The summed E-state index contributed by atoms with van der Waals surface area (Å²) in [6.45, 7) is 5.06. The first kappa shape index (κ1) is 13.1. The van der Waals surface area contributed by atoms with E-state index in [2.05, 4.69) is 9.69 Å². The summed E-state index contributed by atoms with van der Waals surface area (Å²) in [4.78, 5) is 0. The zero-order chi connectivity index (χ0) is 12.0. The molecule has 1 atom stereocenters. The highest BCUT2D eigenvalue weighted by atomic mass is 32.1. The Bertz CT molecular complexity index is 315. The fraction of sp³-hybridized carbons (Fsp3) is 0.700. The molecule has 1 aromatic rings. The number of aliphatic hydroxyl groups is 1. The van der Waals surface area contributed by atoms with Crippen molar-refractivity contribution in [3.63, 3.8) is 0 Å². The number of aromatic nitrogens is 1. The van der Waals surface area contributed by atoms with Gasteiger partial charge in [-0.3, -0.25) is 0 Å². The third-order valence-corrected chi connectivity index (χ3v) is 2.85. The lowest BCUT2D eigenvalue weighted by Gasteiger charge is -2.08. The molecule has 0 fully saturated rings. The average molecular weight is 245 g/mol. The fourth-order valence-corrected chi connectivity index (χ4v) is 1.98. The molecule has 1 aromatic heterocycles. The summed E-state index contributed by atoms with van der Waals surface area (Å²) in [5.74, 6) is 1.08. The second-order valence-electron chi connectivity index (χ2n) is 3.58. The van der Waals surface area contributed by atoms with E-state index in [1.165, 1.54) is 11.5 Å². The molecule has 16 heavy (non-hydrogen) atoms. The van der Waals surface area contributed by atoms with E-state index < -0.39 is 0 Å². The maximum absolute atomic E-state index is 9.11. The molecule has 0 bridgehead atoms. The van der Waals surface area contributed by atoms with Crippen molar-refractivity contribution >= 4 is 22.4 Å². The van der Waals surface area contributed by atoms with Crippen LogP contribution in [0.4, 0.5) is 10.8 Å². The molecule has 0 saturated heterocycles. The van der Waals surface area contributed by atoms with Crippen molar-refractivity contribution in [1.29, 1.82) is 0 Å². The highest BCUT2D eigenvalue weighted by Crippen LogP contribution is 2.34. The Morgan fingerprint density at radius 2 is 2.38 bits per heavy atom. The minimum atomic E-state index is -0.250. The van der Waals surface area contributed by atoms with Gasteiger partial charge in [0, 0.05) is 6.54 Å². The minimum Gasteiger partial charge on any atom is -0.487 e. The van der Waals surface area contributed by atoms with Gasteiger partial charge in [-0.15, -0.1) is 0 Å². The van der Waals surface area contributed by atoms with Crippen molar-refractivity contribution in [2.75, 3.05) is 24.2 Å². The van der Waals surface area contributed by atoms with Gasteiger partial charge in [0.2, 0.25) is 0 Å². The molecule has 1 heterocycles. The monoisotopic (exact) mass is 245 g/mol. The summed E-state index contributed by atoms with van der Waals surface area (Å²) in [7, 11) is 0. The van der Waals surface area contributed by atoms with E-state index in [1.54, 1.807) is 6.92 Å². The molecule has 92 valence electrons. The van der Waals surface area contributed by atoms with Crippen LogP contribution < -0.4 is 15.8 Å². The van der Waals surface area contributed by atoms with Crippen LogP contribution in [0.2, 0.25) is 0 Å². The quantitative estimate of drug-likeness (QED) is 0.637. The number of anilines is 2. The van der Waals surface area contributed by atoms with Gasteiger partial charge in [-0.05, 0) is 38.2 Å². The Morgan fingerprint density at radius 1 is 1.62 bits per heavy atom. The maximum Gasteiger partial charge on any atom is 0.197 e. The van der Waals surface area contributed by atoms with Crippen molar-refractivity contribution in [2.45, 2.75) is 32.8 Å². The number of nitrogen functional groups attached to an aromatic ring is 1. The number of rotatable bonds is 7. The molecule has 0 aromatic carbocycles. The van der Waals surface area contributed by atoms with Gasteiger partial charge in [-0.2, -0.15) is 4.37 Å². The van der Waals surface area contributed by atoms with Crippen LogP contribution >= 0.6 is 11.5 Å². The Kier molecular flexibility index (Phi) is 5.34. The second-order valence-corrected chi connectivity index (χ2v) is 4.35. The van der Waals surface area contributed by atoms with Crippen molar-refractivity contribution < 1.29 is 9.84 Å². The molecule has 0 amide bonds. The Morgan fingerprint density at radius 3 is 3.00 bits per heavy atom. The van der Waals surface area contributed by atoms with Crippen LogP contribution in [-0.2, 0) is 0 Å². The zero-order valence-corrected chi connectivity index (χ0v) is 10.5. The van der Waals surface area contributed by atoms with Gasteiger partial charge in [0.15, 0.2) is 16.6 Å². The van der Waals surface area contributed by atoms with Gasteiger partial charge >= 0.3 is 0 Å². The maximum atomic E-state index is 9.11. The van der Waals surface area contributed by atoms with Crippen LogP contribution in [0.5, 0.6) is 5.75 Å². The molecule has 0 aliphatic carbocycles. The first-order chi connectivity index (χ1) is 7.65. The smallest absolute Gasteiger partial charge is 0.197 e. The van der Waals surface area contributed by atoms with Crippen molar-refractivity contribution in [3.8, 4) is 5.75 Å². The normalized spacial score (nSPS) is 12.4. The first-order valence-electron chi connectivity index (χ1n) is 5.45. The van der Waals surface area contributed by atoms with E-state index in [0.717, 1.165) is 24.4 Å². The van der Waals surface area contributed by atoms with Crippen LogP contribution in [0.25, 0.3) is 0 Å². The molecule has 0 radical (unpaired) electrons. The first-order valence-corrected chi connectivity index (χ1v) is 6.22. The summed E-state index contributed by atoms with van der Waals surface area (Å²) in [5, 5.41) is 13.2. The number of hydrogen-bond donors (Lipinski definition) is 3. The van der Waals surface area contributed by atoms with Gasteiger partial charge in [-0.1, -0.05) is 0 Å². The van der Waals surface area contributed by atoms with Gasteiger partial charge in [-0.25, -0.2) is 0 Å². The molecular formula is C10H19N3O2S. The van der Waals surface area contributed by atoms with Crippen molar-refractivity contribution in [2.24, 2.45) is 0 Å². The molecule has 6 heteroatoms. The van der Waals surface area contributed by atoms with E-state index in [1.807, 2.05) is 6.92 Å². The summed E-state index contributed by atoms with van der Waals surface area (Å²) in [5.41, 5.74) is 5.67. The molecule has 5 nitrogen and oxygen atoms in total. The number of hydrogen-bond acceptors (Lipinski definition) is 6. The predicted molar refractivity (Wildman–Crippen MR) is 67.1 cm³/mol. The lowest BCUT2D eigenvalue weighted by atomic mass is 10.2. The molecular weight excluding hydrogens is 226 g/mol. The number of nitrogens with zero attached hydrogens (tertiary/aromatic N) is 1. The molecule has 1 rings (SSSR count). The third kappa shape index (κ3) is 3.86. The van der Waals surface area contributed by atoms with Crippen LogP contribution in [0.15, 0.2) is 0 Å². The number of aliphatic hydroxyl groups excluding tert-OH is 1. The zero-order valence-electron chi connectivity index (χ0n) is 9.69. The third-order valence-electron chi connectivity index (χ3n) is 2.05. The van der Waals surface area contributed by atoms with Gasteiger partial charge in [0.05, 0.1) is 12.7 Å². The van der Waals surface area contributed by atoms with Crippen LogP contribution in [-0.4, -0.2) is 28.7 Å². The predicted octanol–water partition coefficient (Wildman–Crippen LogP) is 1.70. The van der Waals surface area contributed by atoms with E-state index in [9.17, 15) is 0 Å². The summed E-state index contributed by atoms with van der Waals surface area (Å²) in [6.07, 6.45) is 1.44. The summed E-state index contributed by atoms with van der Waals surface area (Å²) < 4.78 is 9.43. The van der Waals surface area contributed by atoms with E-state index in [4.69, 9.17) is 15.6 Å². The summed E-state index contributed by atoms with van der Waals surface area (Å²) >= 11 is 1.30. The number of ether oxygens (including phenoxy) is 1. The number of nitrogens with one attached hydrogen (secondary N) is 1. The second kappa shape index (κ2) is 6.55. The highest BCUT2D eigenvalue weighted by molar-refractivity contribution is 7.11. The van der Waals surface area contributed by atoms with Crippen LogP contribution in [0, 0.1) is 0 Å². The lowest BCUT2D eigenvalue weighted by Crippen LogP contribution is -2.06. The van der Waals surface area contributed by atoms with E-state index in [-0.39, 0.29) is 6.10 Å². The minimum absolute atomic E-state index is 0.250. The van der Waals surface area contributed by atoms with Gasteiger partial charge in [0.25, 0.3) is 0 Å².